The SMILES string of the molecule is CCOC(=O)/C(C#N)=C\c1ccc(-c2ccsc2C(=O)OC)o1. The Morgan fingerprint density at radius 2 is 2.17 bits per heavy atom. The Morgan fingerprint density at radius 3 is 2.83 bits per heavy atom. The Morgan fingerprint density at radius 1 is 1.39 bits per heavy atom. The lowest BCUT2D eigenvalue weighted by Gasteiger charge is -1.99. The molecule has 0 unspecified atom stereocenters. The van der Waals surface area contributed by atoms with Crippen LogP contribution >= 0.6 is 11.3 Å². The number of ether oxygens (including phenoxy) is 2. The number of furan rings is 1. The van der Waals surface area contributed by atoms with E-state index in [1.807, 2.05) is 0 Å². The summed E-state index contributed by atoms with van der Waals surface area (Å²) in [5, 5.41) is 10.8. The van der Waals surface area contributed by atoms with Crippen molar-refractivity contribution < 1.29 is 23.5 Å². The van der Waals surface area contributed by atoms with E-state index >= 15 is 0 Å². The molecule has 0 amide bonds. The summed E-state index contributed by atoms with van der Waals surface area (Å²) in [6.07, 6.45) is 1.30. The van der Waals surface area contributed by atoms with Crippen LogP contribution in [0.4, 0.5) is 0 Å². The zero-order valence-electron chi connectivity index (χ0n) is 12.5. The van der Waals surface area contributed by atoms with Crippen molar-refractivity contribution in [1.29, 1.82) is 5.26 Å². The van der Waals surface area contributed by atoms with E-state index in [0.717, 1.165) is 0 Å². The topological polar surface area (TPSA) is 89.5 Å². The van der Waals surface area contributed by atoms with Crippen LogP contribution in [0.25, 0.3) is 17.4 Å². The lowest BCUT2D eigenvalue weighted by atomic mass is 10.2. The third-order valence-electron chi connectivity index (χ3n) is 2.83. The number of esters is 2. The van der Waals surface area contributed by atoms with Crippen LogP contribution in [0.1, 0.15) is 22.4 Å². The zero-order chi connectivity index (χ0) is 16.8. The molecule has 23 heavy (non-hydrogen) atoms. The minimum Gasteiger partial charge on any atom is -0.465 e. The fraction of sp³-hybridized carbons (Fsp3) is 0.188. The molecule has 2 aromatic rings. The van der Waals surface area contributed by atoms with Crippen LogP contribution in [0.3, 0.4) is 0 Å². The van der Waals surface area contributed by atoms with E-state index in [2.05, 4.69) is 0 Å². The standard InChI is InChI=1S/C16H13NO5S/c1-3-21-15(18)10(9-17)8-11-4-5-13(22-11)12-6-7-23-14(12)16(19)20-2/h4-8H,3H2,1-2H3/b10-8-. The highest BCUT2D eigenvalue weighted by Crippen LogP contribution is 2.31. The van der Waals surface area contributed by atoms with E-state index in [9.17, 15) is 9.59 Å². The van der Waals surface area contributed by atoms with E-state index in [4.69, 9.17) is 19.2 Å². The highest BCUT2D eigenvalue weighted by molar-refractivity contribution is 7.12. The first-order chi connectivity index (χ1) is 11.1. The molecular formula is C16H13NO5S. The molecule has 0 saturated carbocycles. The molecular weight excluding hydrogens is 318 g/mol. The number of carbonyl (C=O) groups excluding carboxylic acids is 2. The van der Waals surface area contributed by atoms with Gasteiger partial charge in [-0.25, -0.2) is 9.59 Å². The smallest absolute Gasteiger partial charge is 0.349 e. The van der Waals surface area contributed by atoms with Crippen molar-refractivity contribution in [2.45, 2.75) is 6.92 Å². The summed E-state index contributed by atoms with van der Waals surface area (Å²) < 4.78 is 15.1. The first-order valence-corrected chi connectivity index (χ1v) is 7.53. The molecule has 0 spiro atoms. The van der Waals surface area contributed by atoms with E-state index in [0.29, 0.717) is 22.0 Å². The first kappa shape index (κ1) is 16.5. The van der Waals surface area contributed by atoms with Crippen LogP contribution in [-0.2, 0) is 14.3 Å². The number of nitriles is 1. The van der Waals surface area contributed by atoms with Crippen molar-refractivity contribution in [3.63, 3.8) is 0 Å². The summed E-state index contributed by atoms with van der Waals surface area (Å²) in [5.41, 5.74) is 0.433. The van der Waals surface area contributed by atoms with Gasteiger partial charge < -0.3 is 13.9 Å². The summed E-state index contributed by atoms with van der Waals surface area (Å²) >= 11 is 1.24. The maximum atomic E-state index is 11.7. The van der Waals surface area contributed by atoms with Crippen molar-refractivity contribution in [3.8, 4) is 17.4 Å². The third-order valence-corrected chi connectivity index (χ3v) is 3.73. The molecule has 2 aromatic heterocycles. The van der Waals surface area contributed by atoms with Gasteiger partial charge in [-0.3, -0.25) is 0 Å². The molecule has 118 valence electrons. The minimum atomic E-state index is -0.710. The molecule has 0 aromatic carbocycles. The largest absolute Gasteiger partial charge is 0.465 e. The molecule has 7 heteroatoms. The summed E-state index contributed by atoms with van der Waals surface area (Å²) in [5.74, 6) is -0.405. The van der Waals surface area contributed by atoms with Gasteiger partial charge in [0, 0.05) is 11.6 Å². The van der Waals surface area contributed by atoms with Gasteiger partial charge in [-0.2, -0.15) is 5.26 Å². The van der Waals surface area contributed by atoms with Crippen molar-refractivity contribution in [3.05, 3.63) is 39.8 Å². The van der Waals surface area contributed by atoms with E-state index in [-0.39, 0.29) is 12.2 Å². The van der Waals surface area contributed by atoms with E-state index in [1.54, 1.807) is 36.6 Å². The Bertz CT molecular complexity index is 793. The van der Waals surface area contributed by atoms with Gasteiger partial charge in [0.1, 0.15) is 28.0 Å². The third kappa shape index (κ3) is 3.67. The molecule has 0 bridgehead atoms. The maximum absolute atomic E-state index is 11.7. The second-order valence-electron chi connectivity index (χ2n) is 4.25. The van der Waals surface area contributed by atoms with Gasteiger partial charge in [0.15, 0.2) is 0 Å². The Hall–Kier alpha value is -2.85. The predicted molar refractivity (Wildman–Crippen MR) is 83.6 cm³/mol. The number of rotatable bonds is 5. The molecule has 0 aliphatic rings. The quantitative estimate of drug-likeness (QED) is 0.474. The van der Waals surface area contributed by atoms with Gasteiger partial charge in [-0.15, -0.1) is 11.3 Å². The summed E-state index contributed by atoms with van der Waals surface area (Å²) in [6.45, 7) is 1.83. The molecule has 2 rings (SSSR count). The van der Waals surface area contributed by atoms with Gasteiger partial charge in [0.05, 0.1) is 13.7 Å². The molecule has 0 saturated heterocycles. The van der Waals surface area contributed by atoms with Crippen molar-refractivity contribution in [1.82, 2.24) is 0 Å². The van der Waals surface area contributed by atoms with Crippen LogP contribution < -0.4 is 0 Å². The molecule has 0 aliphatic heterocycles. The van der Waals surface area contributed by atoms with Gasteiger partial charge in [0.25, 0.3) is 0 Å². The highest BCUT2D eigenvalue weighted by atomic mass is 32.1. The average Bonchev–Trinajstić information content (AvgIpc) is 3.20. The average molecular weight is 331 g/mol. The van der Waals surface area contributed by atoms with Crippen LogP contribution in [0.15, 0.2) is 33.6 Å². The lowest BCUT2D eigenvalue weighted by Crippen LogP contribution is -2.05. The molecule has 0 N–H and O–H groups in total. The van der Waals surface area contributed by atoms with E-state index in [1.165, 1.54) is 24.5 Å². The van der Waals surface area contributed by atoms with Crippen molar-refractivity contribution in [2.75, 3.05) is 13.7 Å². The molecule has 0 aliphatic carbocycles. The fourth-order valence-electron chi connectivity index (χ4n) is 1.82. The molecule has 0 atom stereocenters. The van der Waals surface area contributed by atoms with Crippen LogP contribution in [0.5, 0.6) is 0 Å². The summed E-state index contributed by atoms with van der Waals surface area (Å²) in [6, 6.07) is 6.76. The van der Waals surface area contributed by atoms with Crippen molar-refractivity contribution >= 4 is 29.4 Å². The number of hydrogen-bond donors (Lipinski definition) is 0. The number of thiophene rings is 1. The second-order valence-corrected chi connectivity index (χ2v) is 5.16. The first-order valence-electron chi connectivity index (χ1n) is 6.65. The van der Waals surface area contributed by atoms with Gasteiger partial charge in [-0.05, 0) is 30.5 Å². The van der Waals surface area contributed by atoms with Crippen molar-refractivity contribution in [2.24, 2.45) is 0 Å². The fourth-order valence-corrected chi connectivity index (χ4v) is 2.63. The minimum absolute atomic E-state index is 0.161. The monoisotopic (exact) mass is 331 g/mol. The van der Waals surface area contributed by atoms with Crippen LogP contribution in [0, 0.1) is 11.3 Å². The van der Waals surface area contributed by atoms with Crippen LogP contribution in [0.2, 0.25) is 0 Å². The second kappa shape index (κ2) is 7.42. The Balaban J connectivity index is 2.31. The number of carbonyl (C=O) groups is 2. The molecule has 2 heterocycles. The highest BCUT2D eigenvalue weighted by Gasteiger charge is 2.18. The zero-order valence-corrected chi connectivity index (χ0v) is 13.3. The summed E-state index contributed by atoms with van der Waals surface area (Å²) in [7, 11) is 1.31. The maximum Gasteiger partial charge on any atom is 0.349 e. The number of methoxy groups -OCH3 is 1. The molecule has 0 fully saturated rings. The van der Waals surface area contributed by atoms with Gasteiger partial charge >= 0.3 is 11.9 Å². The number of nitrogens with zero attached hydrogens (tertiary/aromatic N) is 1. The van der Waals surface area contributed by atoms with Gasteiger partial charge in [0.2, 0.25) is 0 Å². The predicted octanol–water partition coefficient (Wildman–Crippen LogP) is 3.26. The van der Waals surface area contributed by atoms with Crippen LogP contribution in [-0.4, -0.2) is 25.7 Å². The number of hydrogen-bond acceptors (Lipinski definition) is 7. The van der Waals surface area contributed by atoms with E-state index < -0.39 is 11.9 Å². The lowest BCUT2D eigenvalue weighted by molar-refractivity contribution is -0.137. The molecule has 6 nitrogen and oxygen atoms in total. The molecule has 0 radical (unpaired) electrons. The summed E-state index contributed by atoms with van der Waals surface area (Å²) in [4.78, 5) is 23.7. The Kier molecular flexibility index (Phi) is 5.33. The van der Waals surface area contributed by atoms with Gasteiger partial charge in [-0.1, -0.05) is 0 Å². The Labute approximate surface area is 136 Å². The normalized spacial score (nSPS) is 10.9.